The SMILES string of the molecule is CC(C)Cc1c(N)n[nH]c1-c1ccc(F)c(F)c1F. The van der Waals surface area contributed by atoms with Crippen molar-refractivity contribution in [2.45, 2.75) is 20.3 Å². The zero-order valence-corrected chi connectivity index (χ0v) is 10.6. The van der Waals surface area contributed by atoms with Crippen LogP contribution in [0.1, 0.15) is 19.4 Å². The second kappa shape index (κ2) is 4.95. The molecule has 0 atom stereocenters. The van der Waals surface area contributed by atoms with Gasteiger partial charge in [0.2, 0.25) is 0 Å². The fourth-order valence-corrected chi connectivity index (χ4v) is 1.94. The molecule has 0 radical (unpaired) electrons. The van der Waals surface area contributed by atoms with Crippen LogP contribution in [0.25, 0.3) is 11.3 Å². The third-order valence-corrected chi connectivity index (χ3v) is 2.82. The van der Waals surface area contributed by atoms with Gasteiger partial charge < -0.3 is 5.73 Å². The molecule has 1 heterocycles. The molecule has 3 N–H and O–H groups in total. The average molecular weight is 269 g/mol. The average Bonchev–Trinajstić information content (AvgIpc) is 2.68. The van der Waals surface area contributed by atoms with E-state index in [-0.39, 0.29) is 17.3 Å². The van der Waals surface area contributed by atoms with Crippen molar-refractivity contribution in [3.8, 4) is 11.3 Å². The fourth-order valence-electron chi connectivity index (χ4n) is 1.94. The number of nitrogens with zero attached hydrogens (tertiary/aromatic N) is 1. The summed E-state index contributed by atoms with van der Waals surface area (Å²) in [5.74, 6) is -3.45. The van der Waals surface area contributed by atoms with E-state index >= 15 is 0 Å². The topological polar surface area (TPSA) is 54.7 Å². The van der Waals surface area contributed by atoms with Gasteiger partial charge in [-0.3, -0.25) is 5.10 Å². The molecule has 19 heavy (non-hydrogen) atoms. The highest BCUT2D eigenvalue weighted by molar-refractivity contribution is 5.68. The minimum Gasteiger partial charge on any atom is -0.382 e. The van der Waals surface area contributed by atoms with Gasteiger partial charge in [0.1, 0.15) is 5.82 Å². The maximum atomic E-state index is 13.8. The molecule has 0 spiro atoms. The molecule has 0 fully saturated rings. The predicted octanol–water partition coefficient (Wildman–Crippen LogP) is 3.27. The number of nitrogens with two attached hydrogens (primary N) is 1. The molecule has 0 bridgehead atoms. The molecule has 1 aromatic heterocycles. The summed E-state index contributed by atoms with van der Waals surface area (Å²) >= 11 is 0. The highest BCUT2D eigenvalue weighted by Crippen LogP contribution is 2.31. The summed E-state index contributed by atoms with van der Waals surface area (Å²) in [6, 6.07) is 2.05. The minimum atomic E-state index is -1.50. The van der Waals surface area contributed by atoms with Crippen molar-refractivity contribution in [3.63, 3.8) is 0 Å². The molecule has 0 amide bonds. The lowest BCUT2D eigenvalue weighted by atomic mass is 9.99. The number of anilines is 1. The molecule has 6 heteroatoms. The fraction of sp³-hybridized carbons (Fsp3) is 0.308. The van der Waals surface area contributed by atoms with Crippen molar-refractivity contribution in [2.75, 3.05) is 5.73 Å². The van der Waals surface area contributed by atoms with Crippen LogP contribution in [0, 0.1) is 23.4 Å². The number of aromatic nitrogens is 2. The molecular formula is C13H14F3N3. The monoisotopic (exact) mass is 269 g/mol. The van der Waals surface area contributed by atoms with E-state index in [2.05, 4.69) is 10.2 Å². The van der Waals surface area contributed by atoms with Crippen molar-refractivity contribution in [1.29, 1.82) is 0 Å². The van der Waals surface area contributed by atoms with E-state index < -0.39 is 17.5 Å². The van der Waals surface area contributed by atoms with Gasteiger partial charge in [0.25, 0.3) is 0 Å². The largest absolute Gasteiger partial charge is 0.382 e. The van der Waals surface area contributed by atoms with Crippen LogP contribution in [-0.4, -0.2) is 10.2 Å². The molecule has 0 saturated heterocycles. The molecule has 0 unspecified atom stereocenters. The summed E-state index contributed by atoms with van der Waals surface area (Å²) in [4.78, 5) is 0. The van der Waals surface area contributed by atoms with Gasteiger partial charge in [0.05, 0.1) is 5.69 Å². The maximum absolute atomic E-state index is 13.8. The highest BCUT2D eigenvalue weighted by atomic mass is 19.2. The lowest BCUT2D eigenvalue weighted by molar-refractivity contribution is 0.448. The van der Waals surface area contributed by atoms with E-state index in [0.717, 1.165) is 6.07 Å². The van der Waals surface area contributed by atoms with E-state index in [1.54, 1.807) is 0 Å². The Balaban J connectivity index is 2.57. The van der Waals surface area contributed by atoms with Crippen molar-refractivity contribution in [2.24, 2.45) is 5.92 Å². The molecule has 0 aliphatic heterocycles. The Morgan fingerprint density at radius 3 is 2.53 bits per heavy atom. The van der Waals surface area contributed by atoms with E-state index in [1.807, 2.05) is 13.8 Å². The summed E-state index contributed by atoms with van der Waals surface area (Å²) < 4.78 is 40.0. The minimum absolute atomic E-state index is 0.0706. The Kier molecular flexibility index (Phi) is 3.50. The number of nitrogens with one attached hydrogen (secondary N) is 1. The predicted molar refractivity (Wildman–Crippen MR) is 66.9 cm³/mol. The molecule has 0 aliphatic carbocycles. The van der Waals surface area contributed by atoms with Gasteiger partial charge in [0.15, 0.2) is 17.5 Å². The summed E-state index contributed by atoms with van der Waals surface area (Å²) in [5.41, 5.74) is 6.55. The van der Waals surface area contributed by atoms with Crippen molar-refractivity contribution in [3.05, 3.63) is 35.1 Å². The van der Waals surface area contributed by atoms with Crippen LogP contribution in [0.2, 0.25) is 0 Å². The van der Waals surface area contributed by atoms with Gasteiger partial charge in [-0.15, -0.1) is 0 Å². The lowest BCUT2D eigenvalue weighted by Gasteiger charge is -2.08. The van der Waals surface area contributed by atoms with Gasteiger partial charge in [-0.25, -0.2) is 13.2 Å². The summed E-state index contributed by atoms with van der Waals surface area (Å²) in [7, 11) is 0. The third-order valence-electron chi connectivity index (χ3n) is 2.82. The van der Waals surface area contributed by atoms with Crippen LogP contribution in [0.5, 0.6) is 0 Å². The van der Waals surface area contributed by atoms with Crippen molar-refractivity contribution in [1.82, 2.24) is 10.2 Å². The Morgan fingerprint density at radius 2 is 1.89 bits per heavy atom. The number of H-pyrrole nitrogens is 1. The van der Waals surface area contributed by atoms with Crippen molar-refractivity contribution >= 4 is 5.82 Å². The van der Waals surface area contributed by atoms with Gasteiger partial charge in [-0.05, 0) is 24.5 Å². The number of hydrogen-bond acceptors (Lipinski definition) is 2. The van der Waals surface area contributed by atoms with Crippen LogP contribution < -0.4 is 5.73 Å². The second-order valence-corrected chi connectivity index (χ2v) is 4.78. The van der Waals surface area contributed by atoms with E-state index in [4.69, 9.17) is 5.73 Å². The first kappa shape index (κ1) is 13.5. The zero-order chi connectivity index (χ0) is 14.2. The standard InChI is InChI=1S/C13H14F3N3/c1-6(2)5-8-12(18-19-13(8)17)7-3-4-9(14)11(16)10(7)15/h3-4,6H,5H2,1-2H3,(H3,17,18,19). The third kappa shape index (κ3) is 2.43. The zero-order valence-electron chi connectivity index (χ0n) is 10.6. The molecule has 0 saturated carbocycles. The quantitative estimate of drug-likeness (QED) is 0.840. The van der Waals surface area contributed by atoms with Gasteiger partial charge >= 0.3 is 0 Å². The Morgan fingerprint density at radius 1 is 1.21 bits per heavy atom. The Bertz CT molecular complexity index is 605. The van der Waals surface area contributed by atoms with Crippen LogP contribution in [0.15, 0.2) is 12.1 Å². The first-order chi connectivity index (χ1) is 8.91. The molecule has 1 aromatic carbocycles. The van der Waals surface area contributed by atoms with Crippen LogP contribution in [0.3, 0.4) is 0 Å². The smallest absolute Gasteiger partial charge is 0.195 e. The molecule has 102 valence electrons. The maximum Gasteiger partial charge on any atom is 0.195 e. The summed E-state index contributed by atoms with van der Waals surface area (Å²) in [6.07, 6.45) is 0.566. The van der Waals surface area contributed by atoms with E-state index in [1.165, 1.54) is 6.07 Å². The molecular weight excluding hydrogens is 255 g/mol. The number of halogens is 3. The van der Waals surface area contributed by atoms with Gasteiger partial charge in [-0.2, -0.15) is 5.10 Å². The molecule has 2 aromatic rings. The number of aromatic amines is 1. The van der Waals surface area contributed by atoms with Crippen LogP contribution >= 0.6 is 0 Å². The number of hydrogen-bond donors (Lipinski definition) is 2. The number of rotatable bonds is 3. The number of nitrogen functional groups attached to an aromatic ring is 1. The molecule has 2 rings (SSSR count). The van der Waals surface area contributed by atoms with Gasteiger partial charge in [-0.1, -0.05) is 13.8 Å². The van der Waals surface area contributed by atoms with E-state index in [0.29, 0.717) is 17.7 Å². The molecule has 3 nitrogen and oxygen atoms in total. The van der Waals surface area contributed by atoms with Crippen LogP contribution in [0.4, 0.5) is 19.0 Å². The normalized spacial score (nSPS) is 11.3. The first-order valence-electron chi connectivity index (χ1n) is 5.88. The molecule has 0 aliphatic rings. The Hall–Kier alpha value is -1.98. The summed E-state index contributed by atoms with van der Waals surface area (Å²) in [5, 5.41) is 6.39. The number of benzene rings is 1. The summed E-state index contributed by atoms with van der Waals surface area (Å²) in [6.45, 7) is 3.94. The second-order valence-electron chi connectivity index (χ2n) is 4.78. The van der Waals surface area contributed by atoms with Gasteiger partial charge in [0, 0.05) is 11.1 Å². The lowest BCUT2D eigenvalue weighted by Crippen LogP contribution is -2.01. The Labute approximate surface area is 108 Å². The van der Waals surface area contributed by atoms with Crippen LogP contribution in [-0.2, 0) is 6.42 Å². The van der Waals surface area contributed by atoms with E-state index in [9.17, 15) is 13.2 Å². The highest BCUT2D eigenvalue weighted by Gasteiger charge is 2.20. The van der Waals surface area contributed by atoms with Crippen molar-refractivity contribution < 1.29 is 13.2 Å². The first-order valence-corrected chi connectivity index (χ1v) is 5.88.